The van der Waals surface area contributed by atoms with Crippen LogP contribution >= 0.6 is 0 Å². The molecule has 7 N–H and O–H groups in total. The lowest BCUT2D eigenvalue weighted by Gasteiger charge is -2.29. The van der Waals surface area contributed by atoms with Crippen LogP contribution in [0.2, 0.25) is 6.04 Å². The van der Waals surface area contributed by atoms with Crippen LogP contribution in [0, 0.1) is 5.41 Å². The summed E-state index contributed by atoms with van der Waals surface area (Å²) in [5.74, 6) is 0.681. The molecule has 0 aromatic heterocycles. The summed E-state index contributed by atoms with van der Waals surface area (Å²) in [6.45, 7) is 8.71. The molecular weight excluding hydrogens is 436 g/mol. The molecule has 0 unspecified atom stereocenters. The second-order valence-corrected chi connectivity index (χ2v) is 11.5. The number of guanidine groups is 2. The number of hydrogen-bond donors (Lipinski definition) is 5. The minimum Gasteiger partial charge on any atom is -0.374 e. The van der Waals surface area contributed by atoms with Gasteiger partial charge in [0.25, 0.3) is 0 Å². The Morgan fingerprint density at radius 2 is 1.21 bits per heavy atom. The van der Waals surface area contributed by atoms with Crippen LogP contribution in [0.15, 0.2) is 4.99 Å². The zero-order valence-electron chi connectivity index (χ0n) is 21.3. The fraction of sp³-hybridized carbons (Fsp3) is 0.913. The maximum absolute atomic E-state index is 6.06. The van der Waals surface area contributed by atoms with E-state index in [9.17, 15) is 0 Å². The standard InChI is InChI=1S/C22H45N3O3Si.CH5N3/c1-4-26-29(27-5-2,28-6-3)19-13-18-23-22(24-20-14-9-7-10-15-20)25-21-16-11-8-12-17-21;2-1(3)4/h20-21H,4-19H2,1-3H3,(H2,23,24,25);(H5,2,3,4). The second kappa shape index (κ2) is 18.0. The van der Waals surface area contributed by atoms with Crippen LogP contribution < -0.4 is 22.1 Å². The average molecular weight is 487 g/mol. The summed E-state index contributed by atoms with van der Waals surface area (Å²) in [4.78, 5) is 4.95. The van der Waals surface area contributed by atoms with E-state index in [0.29, 0.717) is 31.9 Å². The van der Waals surface area contributed by atoms with Gasteiger partial charge in [-0.15, -0.1) is 0 Å². The molecule has 33 heavy (non-hydrogen) atoms. The van der Waals surface area contributed by atoms with E-state index < -0.39 is 8.80 Å². The Hall–Kier alpha value is -1.36. The summed E-state index contributed by atoms with van der Waals surface area (Å²) in [7, 11) is -2.56. The molecule has 10 heteroatoms. The SMILES string of the molecule is CCO[Si](CCCN=C(NC1CCCCC1)NC1CCCCC1)(OCC)OCC.N=C(N)N. The number of hydrogen-bond acceptors (Lipinski definition) is 5. The molecule has 194 valence electrons. The zero-order valence-corrected chi connectivity index (χ0v) is 22.3. The lowest BCUT2D eigenvalue weighted by Crippen LogP contribution is -2.48. The van der Waals surface area contributed by atoms with Crippen LogP contribution in [-0.4, -0.2) is 59.2 Å². The van der Waals surface area contributed by atoms with Gasteiger partial charge in [0.2, 0.25) is 0 Å². The van der Waals surface area contributed by atoms with Gasteiger partial charge in [-0.2, -0.15) is 0 Å². The summed E-state index contributed by atoms with van der Waals surface area (Å²) >= 11 is 0. The minimum absolute atomic E-state index is 0.333. The van der Waals surface area contributed by atoms with Crippen molar-refractivity contribution in [2.24, 2.45) is 16.5 Å². The molecule has 0 atom stereocenters. The third kappa shape index (κ3) is 13.8. The summed E-state index contributed by atoms with van der Waals surface area (Å²) in [5.41, 5.74) is 8.94. The van der Waals surface area contributed by atoms with E-state index in [2.05, 4.69) is 22.1 Å². The van der Waals surface area contributed by atoms with Crippen LogP contribution in [0.3, 0.4) is 0 Å². The number of rotatable bonds is 12. The fourth-order valence-electron chi connectivity index (χ4n) is 4.50. The number of nitrogens with one attached hydrogen (secondary N) is 3. The van der Waals surface area contributed by atoms with Crippen molar-refractivity contribution in [2.45, 2.75) is 110 Å². The van der Waals surface area contributed by atoms with Gasteiger partial charge in [-0.05, 0) is 52.9 Å². The van der Waals surface area contributed by atoms with E-state index in [1.54, 1.807) is 0 Å². The fourth-order valence-corrected chi connectivity index (χ4v) is 7.09. The molecule has 2 aliphatic rings. The Morgan fingerprint density at radius 1 is 0.818 bits per heavy atom. The molecule has 0 radical (unpaired) electrons. The van der Waals surface area contributed by atoms with E-state index in [-0.39, 0.29) is 5.96 Å². The van der Waals surface area contributed by atoms with Gasteiger partial charge in [0.1, 0.15) is 0 Å². The third-order valence-electron chi connectivity index (χ3n) is 5.90. The van der Waals surface area contributed by atoms with Gasteiger partial charge in [-0.3, -0.25) is 10.4 Å². The molecule has 2 aliphatic carbocycles. The Balaban J connectivity index is 0.00000125. The van der Waals surface area contributed by atoms with Crippen molar-refractivity contribution in [1.82, 2.24) is 10.6 Å². The van der Waals surface area contributed by atoms with Gasteiger partial charge in [-0.1, -0.05) is 38.5 Å². The van der Waals surface area contributed by atoms with E-state index >= 15 is 0 Å². The molecular formula is C23H50N6O3Si. The van der Waals surface area contributed by atoms with E-state index in [1.807, 2.05) is 20.8 Å². The molecule has 2 saturated carbocycles. The van der Waals surface area contributed by atoms with Crippen molar-refractivity contribution >= 4 is 20.7 Å². The molecule has 9 nitrogen and oxygen atoms in total. The first kappa shape index (κ1) is 29.7. The van der Waals surface area contributed by atoms with Gasteiger partial charge >= 0.3 is 8.80 Å². The molecule has 0 aliphatic heterocycles. The van der Waals surface area contributed by atoms with Gasteiger partial charge in [-0.25, -0.2) is 0 Å². The normalized spacial score (nSPS) is 17.5. The van der Waals surface area contributed by atoms with Gasteiger partial charge < -0.3 is 35.4 Å². The van der Waals surface area contributed by atoms with Gasteiger partial charge in [0, 0.05) is 44.5 Å². The average Bonchev–Trinajstić information content (AvgIpc) is 2.78. The maximum Gasteiger partial charge on any atom is 0.500 e. The van der Waals surface area contributed by atoms with Crippen molar-refractivity contribution < 1.29 is 13.3 Å². The van der Waals surface area contributed by atoms with Crippen molar-refractivity contribution in [3.63, 3.8) is 0 Å². The van der Waals surface area contributed by atoms with E-state index in [0.717, 1.165) is 25.0 Å². The van der Waals surface area contributed by atoms with Crippen molar-refractivity contribution in [3.8, 4) is 0 Å². The first-order valence-electron chi connectivity index (χ1n) is 13.0. The predicted octanol–water partition coefficient (Wildman–Crippen LogP) is 3.46. The number of nitrogens with two attached hydrogens (primary N) is 2. The lowest BCUT2D eigenvalue weighted by atomic mass is 9.95. The van der Waals surface area contributed by atoms with Gasteiger partial charge in [0.15, 0.2) is 11.9 Å². The van der Waals surface area contributed by atoms with E-state index in [4.69, 9.17) is 23.7 Å². The smallest absolute Gasteiger partial charge is 0.374 e. The first-order valence-corrected chi connectivity index (χ1v) is 15.0. The highest BCUT2D eigenvalue weighted by molar-refractivity contribution is 6.60. The zero-order chi connectivity index (χ0) is 24.4. The highest BCUT2D eigenvalue weighted by Crippen LogP contribution is 2.20. The van der Waals surface area contributed by atoms with Crippen LogP contribution in [0.5, 0.6) is 0 Å². The first-order chi connectivity index (χ1) is 15.9. The topological polar surface area (TPSA) is 140 Å². The molecule has 0 aromatic carbocycles. The third-order valence-corrected chi connectivity index (χ3v) is 9.05. The quantitative estimate of drug-likeness (QED) is 0.123. The minimum atomic E-state index is -2.56. The lowest BCUT2D eigenvalue weighted by molar-refractivity contribution is 0.0710. The summed E-state index contributed by atoms with van der Waals surface area (Å²) < 4.78 is 17.9. The van der Waals surface area contributed by atoms with Crippen molar-refractivity contribution in [1.29, 1.82) is 5.41 Å². The van der Waals surface area contributed by atoms with Crippen LogP contribution in [0.25, 0.3) is 0 Å². The molecule has 0 heterocycles. The highest BCUT2D eigenvalue weighted by atomic mass is 28.4. The van der Waals surface area contributed by atoms with Crippen molar-refractivity contribution in [2.75, 3.05) is 26.4 Å². The molecule has 0 spiro atoms. The molecule has 0 saturated heterocycles. The Kier molecular flexibility index (Phi) is 16.2. The predicted molar refractivity (Wildman–Crippen MR) is 138 cm³/mol. The number of aliphatic imine (C=N–C) groups is 1. The van der Waals surface area contributed by atoms with Crippen LogP contribution in [0.1, 0.15) is 91.4 Å². The molecule has 0 bridgehead atoms. The van der Waals surface area contributed by atoms with Crippen LogP contribution in [0.4, 0.5) is 0 Å². The van der Waals surface area contributed by atoms with Crippen molar-refractivity contribution in [3.05, 3.63) is 0 Å². The Morgan fingerprint density at radius 3 is 1.58 bits per heavy atom. The maximum atomic E-state index is 6.06. The summed E-state index contributed by atoms with van der Waals surface area (Å²) in [6, 6.07) is 1.97. The van der Waals surface area contributed by atoms with E-state index in [1.165, 1.54) is 64.2 Å². The highest BCUT2D eigenvalue weighted by Gasteiger charge is 2.39. The summed E-state index contributed by atoms with van der Waals surface area (Å²) in [6.07, 6.45) is 14.1. The monoisotopic (exact) mass is 486 g/mol. The molecule has 2 fully saturated rings. The number of nitrogens with zero attached hydrogens (tertiary/aromatic N) is 1. The van der Waals surface area contributed by atoms with Gasteiger partial charge in [0.05, 0.1) is 0 Å². The molecule has 0 amide bonds. The largest absolute Gasteiger partial charge is 0.500 e. The summed E-state index contributed by atoms with van der Waals surface area (Å²) in [5, 5.41) is 13.5. The Bertz CT molecular complexity index is 497. The second-order valence-electron chi connectivity index (χ2n) is 8.73. The Labute approximate surface area is 202 Å². The van der Waals surface area contributed by atoms with Crippen LogP contribution in [-0.2, 0) is 13.3 Å². The molecule has 2 rings (SSSR count). The molecule has 0 aromatic rings.